The molecular formula is C29H20N2O2. The highest BCUT2D eigenvalue weighted by atomic mass is 16.3. The number of rotatable bonds is 2. The normalized spacial score (nSPS) is 15.1. The summed E-state index contributed by atoms with van der Waals surface area (Å²) in [6, 6.07) is 36.7. The molecule has 1 aliphatic rings. The van der Waals surface area contributed by atoms with Gasteiger partial charge in [0.05, 0.1) is 11.4 Å². The highest BCUT2D eigenvalue weighted by molar-refractivity contribution is 6.12. The molecule has 0 spiro atoms. The van der Waals surface area contributed by atoms with Gasteiger partial charge in [-0.05, 0) is 42.5 Å². The molecule has 1 unspecified atom stereocenters. The van der Waals surface area contributed by atoms with E-state index >= 15 is 0 Å². The lowest BCUT2D eigenvalue weighted by atomic mass is 10.0. The first-order valence-corrected chi connectivity index (χ1v) is 11.1. The van der Waals surface area contributed by atoms with Gasteiger partial charge in [-0.25, -0.2) is 0 Å². The number of benzene rings is 4. The topological polar surface area (TPSA) is 41.5 Å². The van der Waals surface area contributed by atoms with E-state index in [1.54, 1.807) is 0 Å². The largest absolute Gasteiger partial charge is 0.456 e. The van der Waals surface area contributed by atoms with Crippen LogP contribution in [0.2, 0.25) is 0 Å². The van der Waals surface area contributed by atoms with Gasteiger partial charge in [-0.2, -0.15) is 0 Å². The van der Waals surface area contributed by atoms with E-state index in [1.165, 1.54) is 0 Å². The summed E-state index contributed by atoms with van der Waals surface area (Å²) < 4.78 is 8.39. The fourth-order valence-electron chi connectivity index (χ4n) is 5.10. The molecule has 4 aromatic carbocycles. The molecule has 4 nitrogen and oxygen atoms in total. The Morgan fingerprint density at radius 1 is 0.667 bits per heavy atom. The monoisotopic (exact) mass is 428 g/mol. The van der Waals surface area contributed by atoms with Crippen LogP contribution in [0.4, 0.5) is 11.5 Å². The molecule has 0 fully saturated rings. The van der Waals surface area contributed by atoms with Gasteiger partial charge in [-0.15, -0.1) is 0 Å². The van der Waals surface area contributed by atoms with Crippen molar-refractivity contribution in [3.05, 3.63) is 115 Å². The predicted molar refractivity (Wildman–Crippen MR) is 132 cm³/mol. The van der Waals surface area contributed by atoms with Gasteiger partial charge in [0, 0.05) is 27.6 Å². The molecule has 1 atom stereocenters. The van der Waals surface area contributed by atoms with Gasteiger partial charge in [0.15, 0.2) is 6.23 Å². The maximum Gasteiger partial charge on any atom is 0.160 e. The standard InChI is InChI=1S/C29H20N2O2/c32-29-21-11-4-6-14-23(21)31-24(17-18-27(31)30(29)19-9-2-1-3-10-19)20-13-8-16-26-28(20)22-12-5-7-15-25(22)33-26/h1-18,29,32H. The van der Waals surface area contributed by atoms with Crippen molar-refractivity contribution in [3.8, 4) is 16.9 Å². The number of nitrogens with zero attached hydrogens (tertiary/aromatic N) is 2. The number of hydrogen-bond acceptors (Lipinski definition) is 3. The van der Waals surface area contributed by atoms with Crippen molar-refractivity contribution in [2.45, 2.75) is 6.23 Å². The van der Waals surface area contributed by atoms with Crippen molar-refractivity contribution in [2.24, 2.45) is 0 Å². The van der Waals surface area contributed by atoms with E-state index < -0.39 is 6.23 Å². The van der Waals surface area contributed by atoms with Crippen LogP contribution in [0.5, 0.6) is 0 Å². The Hall–Kier alpha value is -4.28. The average molecular weight is 428 g/mol. The van der Waals surface area contributed by atoms with Gasteiger partial charge in [-0.1, -0.05) is 66.7 Å². The summed E-state index contributed by atoms with van der Waals surface area (Å²) in [6.45, 7) is 0. The molecule has 0 amide bonds. The summed E-state index contributed by atoms with van der Waals surface area (Å²) in [5, 5.41) is 13.6. The van der Waals surface area contributed by atoms with Crippen LogP contribution in [-0.2, 0) is 0 Å². The summed E-state index contributed by atoms with van der Waals surface area (Å²) in [7, 11) is 0. The number of hydrogen-bond donors (Lipinski definition) is 1. The lowest BCUT2D eigenvalue weighted by Crippen LogP contribution is -2.30. The number of furan rings is 1. The van der Waals surface area contributed by atoms with E-state index in [0.717, 1.165) is 56.0 Å². The van der Waals surface area contributed by atoms with Gasteiger partial charge in [-0.3, -0.25) is 9.47 Å². The van der Waals surface area contributed by atoms with Gasteiger partial charge in [0.2, 0.25) is 0 Å². The van der Waals surface area contributed by atoms with E-state index in [0.29, 0.717) is 0 Å². The van der Waals surface area contributed by atoms with E-state index in [-0.39, 0.29) is 0 Å². The van der Waals surface area contributed by atoms with Crippen molar-refractivity contribution < 1.29 is 9.52 Å². The van der Waals surface area contributed by atoms with Gasteiger partial charge in [0.1, 0.15) is 17.0 Å². The SMILES string of the molecule is OC1c2ccccc2-n2c(-c3cccc4oc5ccccc5c34)ccc2N1c1ccccc1. The smallest absolute Gasteiger partial charge is 0.160 e. The van der Waals surface area contributed by atoms with E-state index in [4.69, 9.17) is 4.42 Å². The van der Waals surface area contributed by atoms with Crippen LogP contribution in [0.3, 0.4) is 0 Å². The second-order valence-corrected chi connectivity index (χ2v) is 8.33. The Morgan fingerprint density at radius 3 is 2.33 bits per heavy atom. The Kier molecular flexibility index (Phi) is 3.80. The quantitative estimate of drug-likeness (QED) is 0.317. The zero-order valence-electron chi connectivity index (χ0n) is 17.7. The van der Waals surface area contributed by atoms with E-state index in [1.807, 2.05) is 83.8 Å². The van der Waals surface area contributed by atoms with Crippen LogP contribution in [0, 0.1) is 0 Å². The molecule has 0 aliphatic carbocycles. The second kappa shape index (κ2) is 6.86. The Morgan fingerprint density at radius 2 is 1.42 bits per heavy atom. The minimum Gasteiger partial charge on any atom is -0.456 e. The number of aliphatic hydroxyl groups is 1. The fourth-order valence-corrected chi connectivity index (χ4v) is 5.10. The molecule has 0 saturated heterocycles. The number of aromatic nitrogens is 1. The molecule has 0 bridgehead atoms. The van der Waals surface area contributed by atoms with Crippen molar-refractivity contribution >= 4 is 33.4 Å². The van der Waals surface area contributed by atoms with Gasteiger partial charge < -0.3 is 9.52 Å². The first-order valence-electron chi connectivity index (χ1n) is 11.1. The van der Waals surface area contributed by atoms with E-state index in [2.05, 4.69) is 34.9 Å². The van der Waals surface area contributed by atoms with Crippen molar-refractivity contribution in [2.75, 3.05) is 4.90 Å². The second-order valence-electron chi connectivity index (χ2n) is 8.33. The van der Waals surface area contributed by atoms with Crippen molar-refractivity contribution in [1.29, 1.82) is 0 Å². The maximum absolute atomic E-state index is 11.4. The third-order valence-electron chi connectivity index (χ3n) is 6.52. The minimum absolute atomic E-state index is 0.774. The average Bonchev–Trinajstić information content (AvgIpc) is 3.47. The Bertz CT molecular complexity index is 1650. The lowest BCUT2D eigenvalue weighted by Gasteiger charge is -2.37. The summed E-state index contributed by atoms with van der Waals surface area (Å²) >= 11 is 0. The van der Waals surface area contributed by atoms with Crippen LogP contribution < -0.4 is 4.90 Å². The highest BCUT2D eigenvalue weighted by Crippen LogP contribution is 2.46. The predicted octanol–water partition coefficient (Wildman–Crippen LogP) is 7.19. The van der Waals surface area contributed by atoms with Crippen molar-refractivity contribution in [3.63, 3.8) is 0 Å². The minimum atomic E-state index is -0.774. The number of aliphatic hydroxyl groups excluding tert-OH is 1. The summed E-state index contributed by atoms with van der Waals surface area (Å²) in [4.78, 5) is 1.99. The Labute approximate surface area is 190 Å². The number of fused-ring (bicyclic) bond motifs is 6. The molecule has 7 rings (SSSR count). The summed E-state index contributed by atoms with van der Waals surface area (Å²) in [5.41, 5.74) is 6.70. The molecule has 0 radical (unpaired) electrons. The van der Waals surface area contributed by atoms with Crippen molar-refractivity contribution in [1.82, 2.24) is 4.57 Å². The fraction of sp³-hybridized carbons (Fsp3) is 0.0345. The third-order valence-corrected chi connectivity index (χ3v) is 6.52. The van der Waals surface area contributed by atoms with Gasteiger partial charge in [0.25, 0.3) is 0 Å². The number of para-hydroxylation sites is 3. The molecule has 1 N–H and O–H groups in total. The van der Waals surface area contributed by atoms with Crippen LogP contribution in [0.1, 0.15) is 11.8 Å². The molecule has 3 heterocycles. The molecule has 1 aliphatic heterocycles. The first kappa shape index (κ1) is 18.3. The molecule has 6 aromatic rings. The molecule has 2 aromatic heterocycles. The van der Waals surface area contributed by atoms with Crippen LogP contribution in [0.15, 0.2) is 114 Å². The van der Waals surface area contributed by atoms with E-state index in [9.17, 15) is 5.11 Å². The summed E-state index contributed by atoms with van der Waals surface area (Å²) in [6.07, 6.45) is -0.774. The Balaban J connectivity index is 1.55. The zero-order chi connectivity index (χ0) is 21.9. The van der Waals surface area contributed by atoms with Crippen LogP contribution in [0.25, 0.3) is 38.9 Å². The molecular weight excluding hydrogens is 408 g/mol. The zero-order valence-corrected chi connectivity index (χ0v) is 17.7. The van der Waals surface area contributed by atoms with Gasteiger partial charge >= 0.3 is 0 Å². The first-order chi connectivity index (χ1) is 16.3. The number of anilines is 2. The molecule has 158 valence electrons. The maximum atomic E-state index is 11.4. The third kappa shape index (κ3) is 2.55. The highest BCUT2D eigenvalue weighted by Gasteiger charge is 2.32. The lowest BCUT2D eigenvalue weighted by molar-refractivity contribution is 0.180. The molecule has 4 heteroatoms. The van der Waals surface area contributed by atoms with Crippen LogP contribution in [-0.4, -0.2) is 9.67 Å². The van der Waals surface area contributed by atoms with Crippen LogP contribution >= 0.6 is 0 Å². The molecule has 0 saturated carbocycles. The summed E-state index contributed by atoms with van der Waals surface area (Å²) in [5.74, 6) is 0.923. The molecule has 33 heavy (non-hydrogen) atoms.